The van der Waals surface area contributed by atoms with Crippen LogP contribution in [0.3, 0.4) is 0 Å². The number of likely N-dealkylation sites (N-methyl/N-ethyl adjacent to an activating group) is 1. The molecule has 1 rings (SSSR count). The molecule has 4 nitrogen and oxygen atoms in total. The number of carbonyl (C=O) groups is 2. The van der Waals surface area contributed by atoms with Gasteiger partial charge in [0.15, 0.2) is 0 Å². The molecule has 0 aromatic rings. The maximum atomic E-state index is 11.9. The van der Waals surface area contributed by atoms with E-state index >= 15 is 0 Å². The standard InChI is InChI=1S/C10H17ClN2O2/c1-7(6-11)10(15)13-5-3-4-8(13)9(14)12-2/h7-8H,3-6H2,1-2H3,(H,12,14). The second-order valence-corrected chi connectivity index (χ2v) is 4.17. The Hall–Kier alpha value is -0.770. The van der Waals surface area contributed by atoms with Crippen molar-refractivity contribution in [1.82, 2.24) is 10.2 Å². The second kappa shape index (κ2) is 5.35. The summed E-state index contributed by atoms with van der Waals surface area (Å²) in [6.07, 6.45) is 1.64. The number of nitrogens with one attached hydrogen (secondary N) is 1. The number of nitrogens with zero attached hydrogens (tertiary/aromatic N) is 1. The molecule has 0 radical (unpaired) electrons. The van der Waals surface area contributed by atoms with Crippen LogP contribution >= 0.6 is 11.6 Å². The minimum Gasteiger partial charge on any atom is -0.357 e. The van der Waals surface area contributed by atoms with Gasteiger partial charge in [0.2, 0.25) is 11.8 Å². The molecule has 1 aliphatic rings. The SMILES string of the molecule is CNC(=O)C1CCCN1C(=O)C(C)CCl. The number of amides is 2. The molecule has 15 heavy (non-hydrogen) atoms. The molecule has 2 unspecified atom stereocenters. The van der Waals surface area contributed by atoms with E-state index < -0.39 is 0 Å². The Morgan fingerprint density at radius 2 is 2.27 bits per heavy atom. The predicted molar refractivity (Wildman–Crippen MR) is 58.7 cm³/mol. The highest BCUT2D eigenvalue weighted by atomic mass is 35.5. The lowest BCUT2D eigenvalue weighted by molar-refractivity contribution is -0.140. The Morgan fingerprint density at radius 3 is 2.80 bits per heavy atom. The van der Waals surface area contributed by atoms with Crippen LogP contribution in [0.25, 0.3) is 0 Å². The molecule has 1 fully saturated rings. The van der Waals surface area contributed by atoms with Gasteiger partial charge in [-0.25, -0.2) is 0 Å². The number of carbonyl (C=O) groups excluding carboxylic acids is 2. The number of hydrogen-bond donors (Lipinski definition) is 1. The lowest BCUT2D eigenvalue weighted by atomic mass is 10.1. The largest absolute Gasteiger partial charge is 0.357 e. The zero-order chi connectivity index (χ0) is 11.4. The maximum absolute atomic E-state index is 11.9. The van der Waals surface area contributed by atoms with Crippen LogP contribution in [0.2, 0.25) is 0 Å². The van der Waals surface area contributed by atoms with Gasteiger partial charge in [-0.1, -0.05) is 6.92 Å². The van der Waals surface area contributed by atoms with E-state index in [4.69, 9.17) is 11.6 Å². The summed E-state index contributed by atoms with van der Waals surface area (Å²) in [5.74, 6) is -0.00820. The van der Waals surface area contributed by atoms with Gasteiger partial charge in [-0.3, -0.25) is 9.59 Å². The van der Waals surface area contributed by atoms with Crippen molar-refractivity contribution in [3.05, 3.63) is 0 Å². The van der Waals surface area contributed by atoms with Crippen molar-refractivity contribution in [3.8, 4) is 0 Å². The number of rotatable bonds is 3. The summed E-state index contributed by atoms with van der Waals surface area (Å²) in [5, 5.41) is 2.58. The average molecular weight is 233 g/mol. The van der Waals surface area contributed by atoms with E-state index in [1.807, 2.05) is 0 Å². The first-order valence-electron chi connectivity index (χ1n) is 5.19. The average Bonchev–Trinajstić information content (AvgIpc) is 2.74. The molecule has 86 valence electrons. The molecule has 2 atom stereocenters. The van der Waals surface area contributed by atoms with Crippen LogP contribution in [0.1, 0.15) is 19.8 Å². The smallest absolute Gasteiger partial charge is 0.242 e. The highest BCUT2D eigenvalue weighted by molar-refractivity contribution is 6.19. The number of halogens is 1. The van der Waals surface area contributed by atoms with Crippen LogP contribution in [0.15, 0.2) is 0 Å². The molecular weight excluding hydrogens is 216 g/mol. The van der Waals surface area contributed by atoms with Gasteiger partial charge in [0.25, 0.3) is 0 Å². The fraction of sp³-hybridized carbons (Fsp3) is 0.800. The van der Waals surface area contributed by atoms with Crippen LogP contribution in [0.5, 0.6) is 0 Å². The zero-order valence-electron chi connectivity index (χ0n) is 9.12. The van der Waals surface area contributed by atoms with Crippen LogP contribution in [0.4, 0.5) is 0 Å². The number of alkyl halides is 1. The summed E-state index contributed by atoms with van der Waals surface area (Å²) in [4.78, 5) is 25.0. The van der Waals surface area contributed by atoms with Gasteiger partial charge >= 0.3 is 0 Å². The number of likely N-dealkylation sites (tertiary alicyclic amines) is 1. The van der Waals surface area contributed by atoms with Crippen molar-refractivity contribution < 1.29 is 9.59 Å². The lowest BCUT2D eigenvalue weighted by Crippen LogP contribution is -2.46. The Morgan fingerprint density at radius 1 is 1.60 bits per heavy atom. The summed E-state index contributed by atoms with van der Waals surface area (Å²) < 4.78 is 0. The van der Waals surface area contributed by atoms with Gasteiger partial charge in [0.1, 0.15) is 6.04 Å². The zero-order valence-corrected chi connectivity index (χ0v) is 9.88. The summed E-state index contributed by atoms with van der Waals surface area (Å²) in [5.41, 5.74) is 0. The molecule has 0 aliphatic carbocycles. The summed E-state index contributed by atoms with van der Waals surface area (Å²) in [6, 6.07) is -0.298. The van der Waals surface area contributed by atoms with Crippen LogP contribution < -0.4 is 5.32 Å². The van der Waals surface area contributed by atoms with Gasteiger partial charge in [0.05, 0.1) is 0 Å². The molecular formula is C10H17ClN2O2. The van der Waals surface area contributed by atoms with E-state index in [2.05, 4.69) is 5.32 Å². The normalized spacial score (nSPS) is 22.6. The van der Waals surface area contributed by atoms with E-state index in [0.717, 1.165) is 12.8 Å². The third kappa shape index (κ3) is 2.62. The third-order valence-corrected chi connectivity index (χ3v) is 3.20. The van der Waals surface area contributed by atoms with Crippen molar-refractivity contribution in [3.63, 3.8) is 0 Å². The van der Waals surface area contributed by atoms with Crippen molar-refractivity contribution in [2.75, 3.05) is 19.5 Å². The van der Waals surface area contributed by atoms with Gasteiger partial charge in [-0.2, -0.15) is 0 Å². The molecule has 0 saturated carbocycles. The van der Waals surface area contributed by atoms with Crippen LogP contribution in [-0.2, 0) is 9.59 Å². The number of hydrogen-bond acceptors (Lipinski definition) is 2. The van der Waals surface area contributed by atoms with Crippen LogP contribution in [-0.4, -0.2) is 42.2 Å². The minimum atomic E-state index is -0.298. The van der Waals surface area contributed by atoms with E-state index in [9.17, 15) is 9.59 Å². The summed E-state index contributed by atoms with van der Waals surface area (Å²) in [6.45, 7) is 2.45. The van der Waals surface area contributed by atoms with E-state index in [0.29, 0.717) is 12.4 Å². The van der Waals surface area contributed by atoms with Crippen molar-refractivity contribution in [2.24, 2.45) is 5.92 Å². The maximum Gasteiger partial charge on any atom is 0.242 e. The predicted octanol–water partition coefficient (Wildman–Crippen LogP) is 0.598. The summed E-state index contributed by atoms with van der Waals surface area (Å²) in [7, 11) is 1.59. The first-order chi connectivity index (χ1) is 7.11. The highest BCUT2D eigenvalue weighted by Crippen LogP contribution is 2.20. The molecule has 0 bridgehead atoms. The van der Waals surface area contributed by atoms with Gasteiger partial charge in [0, 0.05) is 25.4 Å². The van der Waals surface area contributed by atoms with E-state index in [1.165, 1.54) is 0 Å². The molecule has 1 heterocycles. The highest BCUT2D eigenvalue weighted by Gasteiger charge is 2.34. The van der Waals surface area contributed by atoms with Crippen molar-refractivity contribution in [2.45, 2.75) is 25.8 Å². The van der Waals surface area contributed by atoms with E-state index in [-0.39, 0.29) is 23.8 Å². The van der Waals surface area contributed by atoms with Gasteiger partial charge < -0.3 is 10.2 Å². The van der Waals surface area contributed by atoms with Crippen molar-refractivity contribution in [1.29, 1.82) is 0 Å². The van der Waals surface area contributed by atoms with Crippen molar-refractivity contribution >= 4 is 23.4 Å². The van der Waals surface area contributed by atoms with Crippen LogP contribution in [0, 0.1) is 5.92 Å². The Bertz CT molecular complexity index is 258. The molecule has 5 heteroatoms. The monoisotopic (exact) mass is 232 g/mol. The molecule has 0 spiro atoms. The Labute approximate surface area is 95.0 Å². The van der Waals surface area contributed by atoms with Gasteiger partial charge in [-0.05, 0) is 12.8 Å². The Balaban J connectivity index is 2.68. The fourth-order valence-electron chi connectivity index (χ4n) is 1.82. The lowest BCUT2D eigenvalue weighted by Gasteiger charge is -2.25. The first-order valence-corrected chi connectivity index (χ1v) is 5.73. The quantitative estimate of drug-likeness (QED) is 0.725. The summed E-state index contributed by atoms with van der Waals surface area (Å²) >= 11 is 5.64. The molecule has 0 aromatic heterocycles. The molecule has 1 N–H and O–H groups in total. The van der Waals surface area contributed by atoms with Gasteiger partial charge in [-0.15, -0.1) is 11.6 Å². The molecule has 1 aliphatic heterocycles. The second-order valence-electron chi connectivity index (χ2n) is 3.86. The third-order valence-electron chi connectivity index (χ3n) is 2.74. The fourth-order valence-corrected chi connectivity index (χ4v) is 1.95. The van der Waals surface area contributed by atoms with E-state index in [1.54, 1.807) is 18.9 Å². The molecule has 2 amide bonds. The molecule has 1 saturated heterocycles. The topological polar surface area (TPSA) is 49.4 Å². The Kier molecular flexibility index (Phi) is 4.39. The molecule has 0 aromatic carbocycles. The first kappa shape index (κ1) is 12.3. The minimum absolute atomic E-state index is 0.0175.